The molecule has 2 nitrogen and oxygen atoms in total. The summed E-state index contributed by atoms with van der Waals surface area (Å²) in [6.07, 6.45) is 0. The monoisotopic (exact) mass is 422 g/mol. The van der Waals surface area contributed by atoms with Gasteiger partial charge in [0.05, 0.1) is 11.1 Å². The van der Waals surface area contributed by atoms with Crippen LogP contribution in [-0.2, 0) is 0 Å². The lowest BCUT2D eigenvalue weighted by Crippen LogP contribution is -2.13. The number of hydrogen-bond acceptors (Lipinski definition) is 2. The van der Waals surface area contributed by atoms with Crippen LogP contribution < -0.4 is 0 Å². The summed E-state index contributed by atoms with van der Waals surface area (Å²) in [4.78, 5) is 21.7. The minimum absolute atomic E-state index is 1.93. The van der Waals surface area contributed by atoms with Crippen molar-refractivity contribution in [2.45, 2.75) is 0 Å². The molecule has 0 aliphatic rings. The average Bonchev–Trinajstić information content (AvgIpc) is 2.54. The van der Waals surface area contributed by atoms with Crippen LogP contribution in [0.3, 0.4) is 0 Å². The molecule has 0 spiro atoms. The number of rotatable bonds is 3. The summed E-state index contributed by atoms with van der Waals surface area (Å²) in [5, 5.41) is -3.99. The molecule has 0 heterocycles. The van der Waals surface area contributed by atoms with Crippen molar-refractivity contribution < 1.29 is 44.7 Å². The maximum absolute atomic E-state index is 14.0. The SMILES string of the molecule is O=C(Cl)c1c(F)c(F)c(-c2c(F)c(F)c(C(=O)Cl)c(F)c2F)c(F)c1F. The Balaban J connectivity index is 3.05. The molecule has 138 valence electrons. The summed E-state index contributed by atoms with van der Waals surface area (Å²) in [5.74, 6) is -20.1. The Bertz CT molecular complexity index is 852. The first-order chi connectivity index (χ1) is 11.9. The molecule has 0 amide bonds. The molecule has 0 saturated carbocycles. The van der Waals surface area contributed by atoms with Gasteiger partial charge in [-0.05, 0) is 23.2 Å². The molecule has 0 aromatic heterocycles. The molecule has 0 radical (unpaired) electrons. The highest BCUT2D eigenvalue weighted by Crippen LogP contribution is 2.38. The van der Waals surface area contributed by atoms with Crippen LogP contribution in [0, 0.1) is 46.5 Å². The highest BCUT2D eigenvalue weighted by atomic mass is 35.5. The molecular formula is C14Cl2F8O2. The van der Waals surface area contributed by atoms with Crippen molar-refractivity contribution in [1.82, 2.24) is 0 Å². The van der Waals surface area contributed by atoms with Crippen LogP contribution in [0.5, 0.6) is 0 Å². The van der Waals surface area contributed by atoms with Gasteiger partial charge in [0.25, 0.3) is 10.5 Å². The van der Waals surface area contributed by atoms with E-state index in [0.717, 1.165) is 0 Å². The average molecular weight is 423 g/mol. The Morgan fingerprint density at radius 3 is 0.808 bits per heavy atom. The van der Waals surface area contributed by atoms with E-state index in [2.05, 4.69) is 0 Å². The van der Waals surface area contributed by atoms with Gasteiger partial charge >= 0.3 is 0 Å². The summed E-state index contributed by atoms with van der Waals surface area (Å²) in [6.45, 7) is 0. The summed E-state index contributed by atoms with van der Waals surface area (Å²) >= 11 is 9.50. The lowest BCUT2D eigenvalue weighted by molar-refractivity contribution is 0.106. The number of benzene rings is 2. The molecule has 2 aromatic rings. The molecule has 0 saturated heterocycles. The molecule has 12 heteroatoms. The first-order valence-corrected chi connectivity index (χ1v) is 6.80. The normalized spacial score (nSPS) is 11.0. The molecule has 0 aliphatic heterocycles. The van der Waals surface area contributed by atoms with Crippen LogP contribution in [0.25, 0.3) is 11.1 Å². The topological polar surface area (TPSA) is 34.1 Å². The maximum Gasteiger partial charge on any atom is 0.258 e. The minimum Gasteiger partial charge on any atom is -0.275 e. The van der Waals surface area contributed by atoms with Gasteiger partial charge in [-0.25, -0.2) is 35.1 Å². The number of carbonyl (C=O) groups is 2. The standard InChI is InChI=1S/C14Cl2F8O2/c15-13(25)3-9(21)5(17)1(6(18)10(3)22)2-7(19)11(23)4(14(16)26)12(24)8(2)20. The fourth-order valence-corrected chi connectivity index (χ4v) is 2.38. The zero-order valence-electron chi connectivity index (χ0n) is 11.6. The van der Waals surface area contributed by atoms with Gasteiger partial charge in [-0.2, -0.15) is 0 Å². The predicted molar refractivity (Wildman–Crippen MR) is 71.9 cm³/mol. The van der Waals surface area contributed by atoms with E-state index in [0.29, 0.717) is 0 Å². The van der Waals surface area contributed by atoms with Crippen molar-refractivity contribution in [3.05, 3.63) is 57.7 Å². The third-order valence-electron chi connectivity index (χ3n) is 3.17. The molecule has 0 unspecified atom stereocenters. The third kappa shape index (κ3) is 2.82. The van der Waals surface area contributed by atoms with Crippen LogP contribution in [0.4, 0.5) is 35.1 Å². The molecule has 0 fully saturated rings. The number of hydrogen-bond donors (Lipinski definition) is 0. The molecule has 0 aliphatic carbocycles. The number of carbonyl (C=O) groups excluding carboxylic acids is 2. The lowest BCUT2D eigenvalue weighted by atomic mass is 9.98. The molecular weight excluding hydrogens is 423 g/mol. The second kappa shape index (κ2) is 6.84. The van der Waals surface area contributed by atoms with Crippen molar-refractivity contribution in [2.24, 2.45) is 0 Å². The Kier molecular flexibility index (Phi) is 5.29. The van der Waals surface area contributed by atoms with E-state index in [9.17, 15) is 44.7 Å². The van der Waals surface area contributed by atoms with Crippen molar-refractivity contribution in [2.75, 3.05) is 0 Å². The van der Waals surface area contributed by atoms with Crippen molar-refractivity contribution >= 4 is 33.7 Å². The van der Waals surface area contributed by atoms with Crippen LogP contribution in [0.15, 0.2) is 0 Å². The Hall–Kier alpha value is -2.20. The zero-order valence-corrected chi connectivity index (χ0v) is 13.1. The van der Waals surface area contributed by atoms with Crippen LogP contribution in [0.2, 0.25) is 0 Å². The first kappa shape index (κ1) is 20.1. The zero-order chi connectivity index (χ0) is 20.1. The van der Waals surface area contributed by atoms with Crippen LogP contribution >= 0.6 is 23.2 Å². The molecule has 2 rings (SSSR count). The molecule has 0 N–H and O–H groups in total. The van der Waals surface area contributed by atoms with Gasteiger partial charge in [0.2, 0.25) is 0 Å². The van der Waals surface area contributed by atoms with Gasteiger partial charge in [0, 0.05) is 0 Å². The highest BCUT2D eigenvalue weighted by molar-refractivity contribution is 6.68. The minimum atomic E-state index is -2.56. The second-order valence-corrected chi connectivity index (χ2v) is 5.25. The van der Waals surface area contributed by atoms with E-state index >= 15 is 0 Å². The summed E-state index contributed by atoms with van der Waals surface area (Å²) in [6, 6.07) is 0. The van der Waals surface area contributed by atoms with E-state index in [1.807, 2.05) is 0 Å². The van der Waals surface area contributed by atoms with Crippen molar-refractivity contribution in [3.8, 4) is 11.1 Å². The summed E-state index contributed by atoms with van der Waals surface area (Å²) in [7, 11) is 0. The lowest BCUT2D eigenvalue weighted by Gasteiger charge is -2.13. The number of halogens is 10. The molecule has 2 aromatic carbocycles. The molecule has 26 heavy (non-hydrogen) atoms. The van der Waals surface area contributed by atoms with Crippen LogP contribution in [0.1, 0.15) is 20.7 Å². The second-order valence-electron chi connectivity index (χ2n) is 4.56. The van der Waals surface area contributed by atoms with Crippen molar-refractivity contribution in [3.63, 3.8) is 0 Å². The van der Waals surface area contributed by atoms with E-state index < -0.39 is 79.3 Å². The Labute approximate surface area is 147 Å². The largest absolute Gasteiger partial charge is 0.275 e. The van der Waals surface area contributed by atoms with E-state index in [-0.39, 0.29) is 0 Å². The molecule has 0 atom stereocenters. The quantitative estimate of drug-likeness (QED) is 0.385. The fourth-order valence-electron chi connectivity index (χ4n) is 2.05. The highest BCUT2D eigenvalue weighted by Gasteiger charge is 2.36. The van der Waals surface area contributed by atoms with E-state index in [1.54, 1.807) is 0 Å². The Morgan fingerprint density at radius 1 is 0.462 bits per heavy atom. The summed E-state index contributed by atoms with van der Waals surface area (Å²) < 4.78 is 111. The Morgan fingerprint density at radius 2 is 0.654 bits per heavy atom. The maximum atomic E-state index is 14.0. The smallest absolute Gasteiger partial charge is 0.258 e. The summed E-state index contributed by atoms with van der Waals surface area (Å²) in [5.41, 5.74) is -8.27. The van der Waals surface area contributed by atoms with E-state index in [4.69, 9.17) is 23.2 Å². The van der Waals surface area contributed by atoms with Crippen LogP contribution in [-0.4, -0.2) is 10.5 Å². The molecule has 0 bridgehead atoms. The van der Waals surface area contributed by atoms with E-state index in [1.165, 1.54) is 0 Å². The van der Waals surface area contributed by atoms with Gasteiger partial charge < -0.3 is 0 Å². The van der Waals surface area contributed by atoms with Gasteiger partial charge in [-0.1, -0.05) is 0 Å². The third-order valence-corrected chi connectivity index (χ3v) is 3.55. The predicted octanol–water partition coefficient (Wildman–Crippen LogP) is 5.22. The first-order valence-electron chi connectivity index (χ1n) is 6.05. The van der Waals surface area contributed by atoms with Gasteiger partial charge in [0.15, 0.2) is 46.5 Å². The van der Waals surface area contributed by atoms with Gasteiger partial charge in [-0.3, -0.25) is 9.59 Å². The van der Waals surface area contributed by atoms with Crippen molar-refractivity contribution in [1.29, 1.82) is 0 Å². The van der Waals surface area contributed by atoms with Gasteiger partial charge in [0.1, 0.15) is 11.1 Å². The van der Waals surface area contributed by atoms with Gasteiger partial charge in [-0.15, -0.1) is 0 Å². The fraction of sp³-hybridized carbons (Fsp3) is 0.